The smallest absolute Gasteiger partial charge is 0.343 e. The third-order valence-corrected chi connectivity index (χ3v) is 4.51. The highest BCUT2D eigenvalue weighted by molar-refractivity contribution is 5.94. The molecule has 8 heteroatoms. The quantitative estimate of drug-likeness (QED) is 0.485. The number of hydrogen-bond donors (Lipinski definition) is 2. The molecule has 0 saturated heterocycles. The van der Waals surface area contributed by atoms with Gasteiger partial charge in [0, 0.05) is 24.2 Å². The Balaban J connectivity index is 1.37. The Bertz CT molecular complexity index is 910. The maximum absolute atomic E-state index is 12.1. The molecule has 158 valence electrons. The fourth-order valence-corrected chi connectivity index (χ4v) is 2.93. The van der Waals surface area contributed by atoms with E-state index in [9.17, 15) is 14.4 Å². The summed E-state index contributed by atoms with van der Waals surface area (Å²) in [5.74, 6) is 0.696. The fraction of sp³-hybridized carbons (Fsp3) is 0.318. The van der Waals surface area contributed by atoms with Gasteiger partial charge in [-0.05, 0) is 60.9 Å². The molecule has 0 spiro atoms. The standard InChI is InChI=1S/C22H24N2O6/c1-28-22(27)14-30-17-7-5-16(6-8-17)23-20(25)3-2-12-29-18-9-10-19-15(13-18)4-11-21(26)24-19/h5-10,13H,2-4,11-12,14H2,1H3,(H,23,25)(H,24,26). The zero-order valence-electron chi connectivity index (χ0n) is 16.7. The molecule has 0 unspecified atom stereocenters. The molecule has 2 aromatic rings. The third-order valence-electron chi connectivity index (χ3n) is 4.51. The van der Waals surface area contributed by atoms with Crippen LogP contribution < -0.4 is 20.1 Å². The van der Waals surface area contributed by atoms with Crippen LogP contribution in [-0.4, -0.2) is 38.1 Å². The van der Waals surface area contributed by atoms with Gasteiger partial charge in [0.15, 0.2) is 6.61 Å². The number of amides is 2. The molecule has 0 aliphatic carbocycles. The van der Waals surface area contributed by atoms with Crippen LogP contribution in [0.2, 0.25) is 0 Å². The first-order valence-corrected chi connectivity index (χ1v) is 9.68. The Morgan fingerprint density at radius 3 is 2.57 bits per heavy atom. The number of aryl methyl sites for hydroxylation is 1. The lowest BCUT2D eigenvalue weighted by molar-refractivity contribution is -0.142. The van der Waals surface area contributed by atoms with E-state index in [2.05, 4.69) is 15.4 Å². The van der Waals surface area contributed by atoms with E-state index in [0.717, 1.165) is 17.0 Å². The number of esters is 1. The van der Waals surface area contributed by atoms with Gasteiger partial charge in [0.1, 0.15) is 11.5 Å². The predicted octanol–water partition coefficient (Wildman–Crippen LogP) is 2.92. The minimum Gasteiger partial charge on any atom is -0.494 e. The van der Waals surface area contributed by atoms with Crippen LogP contribution in [0.25, 0.3) is 0 Å². The van der Waals surface area contributed by atoms with Crippen LogP contribution in [0.5, 0.6) is 11.5 Å². The lowest BCUT2D eigenvalue weighted by Gasteiger charge is -2.17. The van der Waals surface area contributed by atoms with E-state index in [4.69, 9.17) is 9.47 Å². The summed E-state index contributed by atoms with van der Waals surface area (Å²) in [7, 11) is 1.29. The molecule has 3 rings (SSSR count). The maximum Gasteiger partial charge on any atom is 0.343 e. The summed E-state index contributed by atoms with van der Waals surface area (Å²) in [5.41, 5.74) is 2.53. The predicted molar refractivity (Wildman–Crippen MR) is 111 cm³/mol. The first kappa shape index (κ1) is 21.2. The van der Waals surface area contributed by atoms with Crippen molar-refractivity contribution in [3.8, 4) is 11.5 Å². The molecular weight excluding hydrogens is 388 g/mol. The van der Waals surface area contributed by atoms with Gasteiger partial charge in [-0.1, -0.05) is 0 Å². The van der Waals surface area contributed by atoms with Gasteiger partial charge in [0.2, 0.25) is 11.8 Å². The molecule has 2 aromatic carbocycles. The SMILES string of the molecule is COC(=O)COc1ccc(NC(=O)CCCOc2ccc3c(c2)CCC(=O)N3)cc1. The molecule has 1 aliphatic heterocycles. The second-order valence-electron chi connectivity index (χ2n) is 6.76. The van der Waals surface area contributed by atoms with Crippen molar-refractivity contribution < 1.29 is 28.6 Å². The third kappa shape index (κ3) is 6.23. The Kier molecular flexibility index (Phi) is 7.26. The summed E-state index contributed by atoms with van der Waals surface area (Å²) in [6, 6.07) is 12.3. The Labute approximate surface area is 174 Å². The van der Waals surface area contributed by atoms with Gasteiger partial charge >= 0.3 is 5.97 Å². The summed E-state index contributed by atoms with van der Waals surface area (Å²) in [6.45, 7) is 0.250. The van der Waals surface area contributed by atoms with Gasteiger partial charge < -0.3 is 24.8 Å². The van der Waals surface area contributed by atoms with Gasteiger partial charge in [-0.3, -0.25) is 9.59 Å². The van der Waals surface area contributed by atoms with Gasteiger partial charge in [0.05, 0.1) is 13.7 Å². The Morgan fingerprint density at radius 2 is 1.80 bits per heavy atom. The minimum absolute atomic E-state index is 0.0329. The van der Waals surface area contributed by atoms with Gasteiger partial charge in [-0.2, -0.15) is 0 Å². The second-order valence-corrected chi connectivity index (χ2v) is 6.76. The molecule has 8 nitrogen and oxygen atoms in total. The summed E-state index contributed by atoms with van der Waals surface area (Å²) < 4.78 is 15.5. The van der Waals surface area contributed by atoms with Crippen LogP contribution >= 0.6 is 0 Å². The Hall–Kier alpha value is -3.55. The molecule has 1 heterocycles. The highest BCUT2D eigenvalue weighted by atomic mass is 16.6. The zero-order chi connectivity index (χ0) is 21.3. The summed E-state index contributed by atoms with van der Waals surface area (Å²) in [5, 5.41) is 5.64. The van der Waals surface area contributed by atoms with Crippen molar-refractivity contribution in [1.82, 2.24) is 0 Å². The number of rotatable bonds is 9. The summed E-state index contributed by atoms with van der Waals surface area (Å²) >= 11 is 0. The maximum atomic E-state index is 12.1. The van der Waals surface area contributed by atoms with E-state index in [0.29, 0.717) is 43.7 Å². The fourth-order valence-electron chi connectivity index (χ4n) is 2.93. The molecule has 2 N–H and O–H groups in total. The van der Waals surface area contributed by atoms with Crippen molar-refractivity contribution in [1.29, 1.82) is 0 Å². The number of fused-ring (bicyclic) bond motifs is 1. The first-order chi connectivity index (χ1) is 14.5. The van der Waals surface area contributed by atoms with Crippen LogP contribution in [-0.2, 0) is 25.5 Å². The number of benzene rings is 2. The van der Waals surface area contributed by atoms with Crippen molar-refractivity contribution in [2.45, 2.75) is 25.7 Å². The van der Waals surface area contributed by atoms with Gasteiger partial charge in [0.25, 0.3) is 0 Å². The average molecular weight is 412 g/mol. The molecule has 0 saturated carbocycles. The van der Waals surface area contributed by atoms with Crippen LogP contribution in [0.3, 0.4) is 0 Å². The number of methoxy groups -OCH3 is 1. The van der Waals surface area contributed by atoms with Crippen molar-refractivity contribution in [3.63, 3.8) is 0 Å². The van der Waals surface area contributed by atoms with E-state index in [-0.39, 0.29) is 18.4 Å². The zero-order valence-corrected chi connectivity index (χ0v) is 16.7. The summed E-state index contributed by atoms with van der Waals surface area (Å²) in [6.07, 6.45) is 2.07. The molecule has 0 fully saturated rings. The van der Waals surface area contributed by atoms with Crippen LogP contribution in [0.1, 0.15) is 24.8 Å². The highest BCUT2D eigenvalue weighted by Crippen LogP contribution is 2.26. The number of hydrogen-bond acceptors (Lipinski definition) is 6. The average Bonchev–Trinajstić information content (AvgIpc) is 2.76. The van der Waals surface area contributed by atoms with E-state index < -0.39 is 5.97 Å². The molecular formula is C22H24N2O6. The number of nitrogens with one attached hydrogen (secondary N) is 2. The topological polar surface area (TPSA) is 103 Å². The van der Waals surface area contributed by atoms with Crippen molar-refractivity contribution in [3.05, 3.63) is 48.0 Å². The van der Waals surface area contributed by atoms with Crippen LogP contribution in [0.4, 0.5) is 11.4 Å². The van der Waals surface area contributed by atoms with Crippen molar-refractivity contribution in [2.75, 3.05) is 31.0 Å². The van der Waals surface area contributed by atoms with Crippen LogP contribution in [0.15, 0.2) is 42.5 Å². The second kappa shape index (κ2) is 10.3. The van der Waals surface area contributed by atoms with Gasteiger partial charge in [-0.25, -0.2) is 4.79 Å². The largest absolute Gasteiger partial charge is 0.494 e. The highest BCUT2D eigenvalue weighted by Gasteiger charge is 2.15. The van der Waals surface area contributed by atoms with E-state index in [1.807, 2.05) is 18.2 Å². The molecule has 0 atom stereocenters. The molecule has 2 amide bonds. The summed E-state index contributed by atoms with van der Waals surface area (Å²) in [4.78, 5) is 34.5. The number of ether oxygens (including phenoxy) is 3. The monoisotopic (exact) mass is 412 g/mol. The number of carbonyl (C=O) groups excluding carboxylic acids is 3. The lowest BCUT2D eigenvalue weighted by Crippen LogP contribution is -2.18. The minimum atomic E-state index is -0.461. The van der Waals surface area contributed by atoms with E-state index >= 15 is 0 Å². The van der Waals surface area contributed by atoms with Crippen molar-refractivity contribution in [2.24, 2.45) is 0 Å². The Morgan fingerprint density at radius 1 is 1.03 bits per heavy atom. The molecule has 30 heavy (non-hydrogen) atoms. The van der Waals surface area contributed by atoms with Gasteiger partial charge in [-0.15, -0.1) is 0 Å². The molecule has 0 aromatic heterocycles. The van der Waals surface area contributed by atoms with E-state index in [1.165, 1.54) is 7.11 Å². The normalized spacial score (nSPS) is 12.4. The number of anilines is 2. The van der Waals surface area contributed by atoms with E-state index in [1.54, 1.807) is 24.3 Å². The first-order valence-electron chi connectivity index (χ1n) is 9.68. The van der Waals surface area contributed by atoms with Crippen LogP contribution in [0, 0.1) is 0 Å². The van der Waals surface area contributed by atoms with Crippen molar-refractivity contribution >= 4 is 29.2 Å². The number of carbonyl (C=O) groups is 3. The molecule has 0 radical (unpaired) electrons. The molecule has 0 bridgehead atoms. The molecule has 1 aliphatic rings. The lowest BCUT2D eigenvalue weighted by atomic mass is 10.0.